The molecule has 1 aromatic carbocycles. The van der Waals surface area contributed by atoms with Gasteiger partial charge in [-0.15, -0.1) is 0 Å². The molecule has 2 rings (SSSR count). The van der Waals surface area contributed by atoms with E-state index in [0.29, 0.717) is 19.4 Å². The molecule has 114 valence electrons. The molecule has 0 radical (unpaired) electrons. The van der Waals surface area contributed by atoms with E-state index in [1.54, 1.807) is 18.0 Å². The predicted molar refractivity (Wildman–Crippen MR) is 84.9 cm³/mol. The van der Waals surface area contributed by atoms with Crippen LogP contribution in [0.2, 0.25) is 0 Å². The van der Waals surface area contributed by atoms with Gasteiger partial charge in [0.15, 0.2) is 0 Å². The summed E-state index contributed by atoms with van der Waals surface area (Å²) in [7, 11) is 1.67. The molecular weight excluding hydrogens is 278 g/mol. The summed E-state index contributed by atoms with van der Waals surface area (Å²) in [5, 5.41) is 8.51. The highest BCUT2D eigenvalue weighted by Crippen LogP contribution is 2.21. The van der Waals surface area contributed by atoms with Crippen molar-refractivity contribution in [3.8, 4) is 6.07 Å². The number of benzene rings is 1. The lowest BCUT2D eigenvalue weighted by atomic mass is 10.2. The maximum absolute atomic E-state index is 11.8. The van der Waals surface area contributed by atoms with Crippen LogP contribution in [0.3, 0.4) is 0 Å². The molecule has 5 heteroatoms. The Kier molecular flexibility index (Phi) is 5.31. The van der Waals surface area contributed by atoms with Gasteiger partial charge in [0, 0.05) is 38.3 Å². The summed E-state index contributed by atoms with van der Waals surface area (Å²) in [6.45, 7) is 1.20. The van der Waals surface area contributed by atoms with Gasteiger partial charge in [0.1, 0.15) is 0 Å². The third kappa shape index (κ3) is 3.95. The summed E-state index contributed by atoms with van der Waals surface area (Å²) in [5.41, 5.74) is 1.80. The van der Waals surface area contributed by atoms with Gasteiger partial charge in [-0.05, 0) is 30.2 Å². The summed E-state index contributed by atoms with van der Waals surface area (Å²) in [5.74, 6) is 0.0339. The highest BCUT2D eigenvalue weighted by molar-refractivity contribution is 5.95. The number of amides is 2. The highest BCUT2D eigenvalue weighted by atomic mass is 16.2. The molecule has 1 aliphatic heterocycles. The second-order valence-electron chi connectivity index (χ2n) is 5.24. The van der Waals surface area contributed by atoms with Gasteiger partial charge < -0.3 is 9.80 Å². The number of nitrogens with zero attached hydrogens (tertiary/aromatic N) is 3. The minimum atomic E-state index is -0.131. The summed E-state index contributed by atoms with van der Waals surface area (Å²) < 4.78 is 0. The fraction of sp³-hybridized carbons (Fsp3) is 0.353. The lowest BCUT2D eigenvalue weighted by Crippen LogP contribution is -2.25. The molecule has 1 fully saturated rings. The van der Waals surface area contributed by atoms with Crippen molar-refractivity contribution in [1.82, 2.24) is 4.90 Å². The van der Waals surface area contributed by atoms with Crippen LogP contribution >= 0.6 is 0 Å². The molecule has 1 aromatic rings. The van der Waals surface area contributed by atoms with Crippen LogP contribution in [0.1, 0.15) is 24.8 Å². The molecule has 22 heavy (non-hydrogen) atoms. The largest absolute Gasteiger partial charge is 0.341 e. The Morgan fingerprint density at radius 1 is 1.41 bits per heavy atom. The topological polar surface area (TPSA) is 64.4 Å². The van der Waals surface area contributed by atoms with Crippen molar-refractivity contribution in [3.63, 3.8) is 0 Å². The monoisotopic (exact) mass is 297 g/mol. The number of hydrogen-bond acceptors (Lipinski definition) is 3. The van der Waals surface area contributed by atoms with Gasteiger partial charge in [0.25, 0.3) is 0 Å². The number of hydrogen-bond donors (Lipinski definition) is 0. The Labute approximate surface area is 130 Å². The zero-order valence-corrected chi connectivity index (χ0v) is 12.7. The molecule has 0 aliphatic carbocycles. The number of anilines is 1. The van der Waals surface area contributed by atoms with Crippen molar-refractivity contribution in [3.05, 3.63) is 35.9 Å². The van der Waals surface area contributed by atoms with Crippen LogP contribution in [-0.2, 0) is 9.59 Å². The second-order valence-corrected chi connectivity index (χ2v) is 5.24. The van der Waals surface area contributed by atoms with E-state index in [1.165, 1.54) is 11.0 Å². The molecule has 2 amide bonds. The number of carbonyl (C=O) groups excluding carboxylic acids is 2. The molecule has 0 bridgehead atoms. The van der Waals surface area contributed by atoms with Crippen molar-refractivity contribution >= 4 is 23.6 Å². The lowest BCUT2D eigenvalue weighted by Gasteiger charge is -2.15. The Bertz CT molecular complexity index is 614. The zero-order chi connectivity index (χ0) is 15.9. The van der Waals surface area contributed by atoms with E-state index >= 15 is 0 Å². The average molecular weight is 297 g/mol. The summed E-state index contributed by atoms with van der Waals surface area (Å²) in [4.78, 5) is 26.8. The maximum Gasteiger partial charge on any atom is 0.246 e. The SMILES string of the molecule is CN(CCC#N)C(=O)/C=C/c1ccc(N2CCCC2=O)cc1. The first-order valence-corrected chi connectivity index (χ1v) is 7.32. The van der Waals surface area contributed by atoms with E-state index < -0.39 is 0 Å². The fourth-order valence-corrected chi connectivity index (χ4v) is 2.31. The second kappa shape index (κ2) is 7.41. The van der Waals surface area contributed by atoms with E-state index in [1.807, 2.05) is 30.3 Å². The standard InChI is InChI=1S/C17H19N3O2/c1-19(12-3-11-18)16(21)10-7-14-5-8-15(9-6-14)20-13-2-4-17(20)22/h5-10H,2-4,12-13H2,1H3/b10-7+. The van der Waals surface area contributed by atoms with Crippen LogP contribution in [0.5, 0.6) is 0 Å². The normalized spacial score (nSPS) is 14.4. The quantitative estimate of drug-likeness (QED) is 0.783. The van der Waals surface area contributed by atoms with Crippen LogP contribution < -0.4 is 4.90 Å². The van der Waals surface area contributed by atoms with Gasteiger partial charge in [0.05, 0.1) is 12.5 Å². The molecule has 0 aromatic heterocycles. The minimum absolute atomic E-state index is 0.131. The van der Waals surface area contributed by atoms with Crippen LogP contribution in [0.25, 0.3) is 6.08 Å². The minimum Gasteiger partial charge on any atom is -0.341 e. The van der Waals surface area contributed by atoms with Gasteiger partial charge in [0.2, 0.25) is 11.8 Å². The van der Waals surface area contributed by atoms with Crippen molar-refractivity contribution in [2.45, 2.75) is 19.3 Å². The van der Waals surface area contributed by atoms with Gasteiger partial charge in [-0.2, -0.15) is 5.26 Å². The van der Waals surface area contributed by atoms with Gasteiger partial charge in [-0.25, -0.2) is 0 Å². The van der Waals surface area contributed by atoms with E-state index in [0.717, 1.165) is 24.2 Å². The first kappa shape index (κ1) is 15.8. The summed E-state index contributed by atoms with van der Waals surface area (Å²) in [6, 6.07) is 9.58. The Balaban J connectivity index is 1.96. The number of likely N-dealkylation sites (N-methyl/N-ethyl adjacent to an activating group) is 1. The smallest absolute Gasteiger partial charge is 0.246 e. The number of nitriles is 1. The van der Waals surface area contributed by atoms with Crippen molar-refractivity contribution in [1.29, 1.82) is 5.26 Å². The third-order valence-corrected chi connectivity index (χ3v) is 3.63. The molecule has 1 heterocycles. The third-order valence-electron chi connectivity index (χ3n) is 3.63. The van der Waals surface area contributed by atoms with Gasteiger partial charge in [-0.1, -0.05) is 12.1 Å². The zero-order valence-electron chi connectivity index (χ0n) is 12.7. The highest BCUT2D eigenvalue weighted by Gasteiger charge is 2.21. The molecule has 0 atom stereocenters. The van der Waals surface area contributed by atoms with Crippen molar-refractivity contribution < 1.29 is 9.59 Å². The van der Waals surface area contributed by atoms with Crippen molar-refractivity contribution in [2.24, 2.45) is 0 Å². The Morgan fingerprint density at radius 2 is 2.14 bits per heavy atom. The Hall–Kier alpha value is -2.61. The molecule has 1 aliphatic rings. The van der Waals surface area contributed by atoms with E-state index in [2.05, 4.69) is 0 Å². The maximum atomic E-state index is 11.8. The van der Waals surface area contributed by atoms with Crippen LogP contribution in [0.15, 0.2) is 30.3 Å². The number of rotatable bonds is 5. The summed E-state index contributed by atoms with van der Waals surface area (Å²) in [6.07, 6.45) is 5.08. The molecule has 1 saturated heterocycles. The molecular formula is C17H19N3O2. The molecule has 0 saturated carbocycles. The molecule has 5 nitrogen and oxygen atoms in total. The lowest BCUT2D eigenvalue weighted by molar-refractivity contribution is -0.124. The number of carbonyl (C=O) groups is 2. The fourth-order valence-electron chi connectivity index (χ4n) is 2.31. The molecule has 0 N–H and O–H groups in total. The average Bonchev–Trinajstić information content (AvgIpc) is 2.96. The van der Waals surface area contributed by atoms with Crippen LogP contribution in [0, 0.1) is 11.3 Å². The molecule has 0 unspecified atom stereocenters. The summed E-state index contributed by atoms with van der Waals surface area (Å²) >= 11 is 0. The first-order chi connectivity index (χ1) is 10.6. The van der Waals surface area contributed by atoms with Crippen molar-refractivity contribution in [2.75, 3.05) is 25.0 Å². The van der Waals surface area contributed by atoms with Gasteiger partial charge >= 0.3 is 0 Å². The first-order valence-electron chi connectivity index (χ1n) is 7.32. The van der Waals surface area contributed by atoms with Crippen LogP contribution in [0.4, 0.5) is 5.69 Å². The molecule has 0 spiro atoms. The van der Waals surface area contributed by atoms with E-state index in [4.69, 9.17) is 5.26 Å². The van der Waals surface area contributed by atoms with Crippen LogP contribution in [-0.4, -0.2) is 36.9 Å². The predicted octanol–water partition coefficient (Wildman–Crippen LogP) is 2.20. The Morgan fingerprint density at radius 3 is 2.73 bits per heavy atom. The van der Waals surface area contributed by atoms with Gasteiger partial charge in [-0.3, -0.25) is 9.59 Å². The van der Waals surface area contributed by atoms with E-state index in [-0.39, 0.29) is 11.8 Å². The van der Waals surface area contributed by atoms with E-state index in [9.17, 15) is 9.59 Å².